The molecule has 1 saturated heterocycles. The van der Waals surface area contributed by atoms with Crippen LogP contribution >= 0.6 is 0 Å². The summed E-state index contributed by atoms with van der Waals surface area (Å²) in [6.07, 6.45) is 3.44. The van der Waals surface area contributed by atoms with Crippen molar-refractivity contribution < 1.29 is 18.3 Å². The van der Waals surface area contributed by atoms with Gasteiger partial charge in [0, 0.05) is 36.9 Å². The highest BCUT2D eigenvalue weighted by Gasteiger charge is 2.27. The maximum Gasteiger partial charge on any atom is 0.307 e. The first-order valence-electron chi connectivity index (χ1n) is 9.61. The highest BCUT2D eigenvalue weighted by molar-refractivity contribution is 7.89. The van der Waals surface area contributed by atoms with Crippen LogP contribution in [0, 0.1) is 6.92 Å². The molecule has 0 radical (unpaired) electrons. The van der Waals surface area contributed by atoms with Crippen molar-refractivity contribution >= 4 is 27.0 Å². The molecule has 0 bridgehead atoms. The number of carboxylic acid groups (broad SMARTS) is 1. The first-order chi connectivity index (χ1) is 13.9. The average Bonchev–Trinajstić information content (AvgIpc) is 3.33. The third kappa shape index (κ3) is 3.65. The zero-order valence-corrected chi connectivity index (χ0v) is 17.0. The monoisotopic (exact) mass is 413 g/mol. The van der Waals surface area contributed by atoms with Crippen LogP contribution in [0.5, 0.6) is 0 Å². The lowest BCUT2D eigenvalue weighted by Crippen LogP contribution is -2.27. The van der Waals surface area contributed by atoms with Crippen molar-refractivity contribution in [3.8, 4) is 0 Å². The molecule has 2 aromatic heterocycles. The van der Waals surface area contributed by atoms with Crippen LogP contribution in [-0.2, 0) is 27.8 Å². The molecule has 1 aliphatic rings. The molecule has 0 aliphatic carbocycles. The first-order valence-corrected chi connectivity index (χ1v) is 11.1. The molecular weight excluding hydrogens is 390 g/mol. The van der Waals surface area contributed by atoms with Crippen molar-refractivity contribution in [2.75, 3.05) is 13.1 Å². The van der Waals surface area contributed by atoms with Gasteiger partial charge < -0.3 is 9.67 Å². The van der Waals surface area contributed by atoms with Crippen molar-refractivity contribution in [3.05, 3.63) is 59.4 Å². The molecule has 1 aliphatic heterocycles. The number of carbonyl (C=O) groups is 1. The first kappa shape index (κ1) is 19.6. The Bertz CT molecular complexity index is 1160. The topological polar surface area (TPSA) is 92.5 Å². The van der Waals surface area contributed by atoms with Gasteiger partial charge >= 0.3 is 5.97 Å². The van der Waals surface area contributed by atoms with Crippen LogP contribution < -0.4 is 0 Å². The van der Waals surface area contributed by atoms with Gasteiger partial charge in [-0.25, -0.2) is 13.4 Å². The highest BCUT2D eigenvalue weighted by atomic mass is 32.2. The fraction of sp³-hybridized carbons (Fsp3) is 0.333. The van der Waals surface area contributed by atoms with Crippen LogP contribution in [0.15, 0.2) is 47.5 Å². The van der Waals surface area contributed by atoms with Gasteiger partial charge in [-0.05, 0) is 55.2 Å². The quantitative estimate of drug-likeness (QED) is 0.671. The third-order valence-corrected chi connectivity index (χ3v) is 7.42. The summed E-state index contributed by atoms with van der Waals surface area (Å²) < 4.78 is 28.9. The van der Waals surface area contributed by atoms with Gasteiger partial charge in [0.05, 0.1) is 11.3 Å². The molecule has 7 nitrogen and oxygen atoms in total. The summed E-state index contributed by atoms with van der Waals surface area (Å²) in [5.74, 6) is -0.882. The molecule has 0 atom stereocenters. The number of aromatic nitrogens is 2. The third-order valence-electron chi connectivity index (χ3n) is 5.50. The van der Waals surface area contributed by atoms with E-state index in [0.717, 1.165) is 40.7 Å². The molecule has 8 heteroatoms. The predicted octanol–water partition coefficient (Wildman–Crippen LogP) is 2.80. The Balaban J connectivity index is 1.65. The Morgan fingerprint density at radius 2 is 1.83 bits per heavy atom. The van der Waals surface area contributed by atoms with Gasteiger partial charge in [0.2, 0.25) is 10.0 Å². The summed E-state index contributed by atoms with van der Waals surface area (Å²) in [5.41, 5.74) is 3.27. The normalized spacial score (nSPS) is 15.2. The molecule has 1 N–H and O–H groups in total. The lowest BCUT2D eigenvalue weighted by molar-refractivity contribution is -0.136. The van der Waals surface area contributed by atoms with Gasteiger partial charge in [0.1, 0.15) is 5.65 Å². The van der Waals surface area contributed by atoms with Crippen LogP contribution in [0.2, 0.25) is 0 Å². The summed E-state index contributed by atoms with van der Waals surface area (Å²) in [6.45, 7) is 3.54. The van der Waals surface area contributed by atoms with Gasteiger partial charge in [-0.2, -0.15) is 4.31 Å². The van der Waals surface area contributed by atoms with Crippen molar-refractivity contribution in [2.45, 2.75) is 37.6 Å². The van der Waals surface area contributed by atoms with Crippen molar-refractivity contribution in [2.24, 2.45) is 0 Å². The number of nitrogens with zero attached hydrogens (tertiary/aromatic N) is 3. The Morgan fingerprint density at radius 3 is 2.48 bits per heavy atom. The minimum atomic E-state index is -3.43. The summed E-state index contributed by atoms with van der Waals surface area (Å²) in [5, 5.41) is 10.1. The molecule has 29 heavy (non-hydrogen) atoms. The number of sulfonamides is 1. The second-order valence-electron chi connectivity index (χ2n) is 7.35. The van der Waals surface area contributed by atoms with E-state index in [1.165, 1.54) is 4.31 Å². The van der Waals surface area contributed by atoms with E-state index in [1.54, 1.807) is 24.4 Å². The smallest absolute Gasteiger partial charge is 0.307 e. The Kier molecular flexibility index (Phi) is 5.14. The molecule has 1 fully saturated rings. The Morgan fingerprint density at radius 1 is 1.14 bits per heavy atom. The molecule has 0 spiro atoms. The zero-order valence-electron chi connectivity index (χ0n) is 16.2. The number of aliphatic carboxylic acids is 1. The molecule has 3 heterocycles. The number of hydrogen-bond donors (Lipinski definition) is 1. The number of rotatable bonds is 6. The molecule has 0 unspecified atom stereocenters. The van der Waals surface area contributed by atoms with Gasteiger partial charge in [0.25, 0.3) is 0 Å². The molecule has 1 aromatic carbocycles. The lowest BCUT2D eigenvalue weighted by atomic mass is 10.1. The lowest BCUT2D eigenvalue weighted by Gasteiger charge is -2.16. The number of benzene rings is 1. The summed E-state index contributed by atoms with van der Waals surface area (Å²) in [6, 6.07) is 10.6. The number of carboxylic acids is 1. The van der Waals surface area contributed by atoms with Crippen LogP contribution in [0.25, 0.3) is 11.0 Å². The van der Waals surface area contributed by atoms with E-state index in [-0.39, 0.29) is 6.42 Å². The second kappa shape index (κ2) is 7.61. The van der Waals surface area contributed by atoms with Crippen LogP contribution in [0.4, 0.5) is 0 Å². The maximum absolute atomic E-state index is 12.7. The Labute approximate surface area is 169 Å². The van der Waals surface area contributed by atoms with Crippen molar-refractivity contribution in [1.29, 1.82) is 0 Å². The van der Waals surface area contributed by atoms with Crippen molar-refractivity contribution in [1.82, 2.24) is 13.9 Å². The fourth-order valence-electron chi connectivity index (χ4n) is 3.96. The van der Waals surface area contributed by atoms with E-state index in [4.69, 9.17) is 0 Å². The summed E-state index contributed by atoms with van der Waals surface area (Å²) >= 11 is 0. The van der Waals surface area contributed by atoms with Gasteiger partial charge in [-0.1, -0.05) is 12.1 Å². The minimum absolute atomic E-state index is 0.0615. The van der Waals surface area contributed by atoms with Gasteiger partial charge in [-0.15, -0.1) is 0 Å². The van der Waals surface area contributed by atoms with Crippen LogP contribution in [0.3, 0.4) is 0 Å². The fourth-order valence-corrected chi connectivity index (χ4v) is 5.48. The number of pyridine rings is 1. The van der Waals surface area contributed by atoms with E-state index < -0.39 is 16.0 Å². The van der Waals surface area contributed by atoms with Crippen LogP contribution in [0.1, 0.15) is 29.7 Å². The minimum Gasteiger partial charge on any atom is -0.481 e. The molecule has 3 aromatic rings. The second-order valence-corrected chi connectivity index (χ2v) is 9.29. The molecule has 4 rings (SSSR count). The SMILES string of the molecule is Cc1c(CC(=O)O)c2cccnc2n1Cc1ccc(S(=O)(=O)N2CCCC2)cc1. The number of fused-ring (bicyclic) bond motifs is 1. The molecule has 152 valence electrons. The Hall–Kier alpha value is -2.71. The summed E-state index contributed by atoms with van der Waals surface area (Å²) in [7, 11) is -3.43. The standard InChI is InChI=1S/C21H23N3O4S/c1-15-19(13-20(25)26)18-5-4-10-22-21(18)24(15)14-16-6-8-17(9-7-16)29(27,28)23-11-2-3-12-23/h4-10H,2-3,11-14H2,1H3,(H,25,26). The zero-order chi connectivity index (χ0) is 20.6. The highest BCUT2D eigenvalue weighted by Crippen LogP contribution is 2.27. The predicted molar refractivity (Wildman–Crippen MR) is 109 cm³/mol. The van der Waals surface area contributed by atoms with E-state index in [9.17, 15) is 18.3 Å². The number of hydrogen-bond acceptors (Lipinski definition) is 4. The maximum atomic E-state index is 12.7. The van der Waals surface area contributed by atoms with Crippen LogP contribution in [-0.4, -0.2) is 46.4 Å². The molecule has 0 saturated carbocycles. The average molecular weight is 413 g/mol. The summed E-state index contributed by atoms with van der Waals surface area (Å²) in [4.78, 5) is 16.0. The molecular formula is C21H23N3O4S. The largest absolute Gasteiger partial charge is 0.481 e. The van der Waals surface area contributed by atoms with Crippen molar-refractivity contribution in [3.63, 3.8) is 0 Å². The van der Waals surface area contributed by atoms with E-state index in [0.29, 0.717) is 24.5 Å². The van der Waals surface area contributed by atoms with E-state index in [2.05, 4.69) is 4.98 Å². The molecule has 0 amide bonds. The van der Waals surface area contributed by atoms with E-state index >= 15 is 0 Å². The van der Waals surface area contributed by atoms with Gasteiger partial charge in [0.15, 0.2) is 0 Å². The van der Waals surface area contributed by atoms with Gasteiger partial charge in [-0.3, -0.25) is 4.79 Å². The van der Waals surface area contributed by atoms with E-state index in [1.807, 2.05) is 29.7 Å².